The minimum atomic E-state index is -0.0857. The predicted molar refractivity (Wildman–Crippen MR) is 85.7 cm³/mol. The van der Waals surface area contributed by atoms with Crippen molar-refractivity contribution in [2.45, 2.75) is 19.8 Å². The molecule has 1 fully saturated rings. The van der Waals surface area contributed by atoms with Gasteiger partial charge in [-0.25, -0.2) is 0 Å². The fourth-order valence-electron chi connectivity index (χ4n) is 2.66. The Bertz CT molecular complexity index is 478. The Morgan fingerprint density at radius 3 is 3.10 bits per heavy atom. The fraction of sp³-hybridized carbons (Fsp3) is 0.533. The minimum absolute atomic E-state index is 0.0857. The Labute approximate surface area is 128 Å². The van der Waals surface area contributed by atoms with Crippen molar-refractivity contribution in [3.05, 3.63) is 28.2 Å². The van der Waals surface area contributed by atoms with Crippen LogP contribution in [-0.4, -0.2) is 37.0 Å². The molecular weight excluding hydrogens is 318 g/mol. The summed E-state index contributed by atoms with van der Waals surface area (Å²) >= 11 is 3.37. The van der Waals surface area contributed by atoms with Crippen LogP contribution >= 0.6 is 15.9 Å². The number of nitrogens with one attached hydrogen (secondary N) is 1. The van der Waals surface area contributed by atoms with E-state index in [-0.39, 0.29) is 5.91 Å². The van der Waals surface area contributed by atoms with Gasteiger partial charge < -0.3 is 16.0 Å². The van der Waals surface area contributed by atoms with Gasteiger partial charge >= 0.3 is 0 Å². The van der Waals surface area contributed by atoms with E-state index in [0.717, 1.165) is 24.1 Å². The highest BCUT2D eigenvalue weighted by Gasteiger charge is 2.19. The first kappa shape index (κ1) is 15.3. The molecule has 0 radical (unpaired) electrons. The number of nitrogen functional groups attached to an aromatic ring is 1. The summed E-state index contributed by atoms with van der Waals surface area (Å²) < 4.78 is 0.867. The SMILES string of the molecule is CCN1CCCC(CNC(=O)c2cc(Br)ccc2N)C1. The summed E-state index contributed by atoms with van der Waals surface area (Å²) in [5.74, 6) is 0.457. The molecule has 20 heavy (non-hydrogen) atoms. The van der Waals surface area contributed by atoms with Crippen LogP contribution in [-0.2, 0) is 0 Å². The standard InChI is InChI=1S/C15H22BrN3O/c1-2-19-7-3-4-11(10-19)9-18-15(20)13-8-12(16)5-6-14(13)17/h5-6,8,11H,2-4,7,9-10,17H2,1H3,(H,18,20). The molecule has 1 aromatic rings. The number of amides is 1. The van der Waals surface area contributed by atoms with E-state index in [1.807, 2.05) is 6.07 Å². The molecule has 0 spiro atoms. The van der Waals surface area contributed by atoms with Gasteiger partial charge in [-0.15, -0.1) is 0 Å². The zero-order valence-corrected chi connectivity index (χ0v) is 13.4. The number of nitrogens with two attached hydrogens (primary N) is 1. The fourth-order valence-corrected chi connectivity index (χ4v) is 3.02. The molecule has 3 N–H and O–H groups in total. The van der Waals surface area contributed by atoms with Crippen molar-refractivity contribution in [1.29, 1.82) is 0 Å². The maximum atomic E-state index is 12.2. The molecule has 0 aliphatic carbocycles. The van der Waals surface area contributed by atoms with Crippen molar-refractivity contribution in [3.8, 4) is 0 Å². The zero-order chi connectivity index (χ0) is 14.5. The van der Waals surface area contributed by atoms with Gasteiger partial charge in [0, 0.05) is 23.2 Å². The molecule has 1 aliphatic rings. The maximum absolute atomic E-state index is 12.2. The Morgan fingerprint density at radius 1 is 1.55 bits per heavy atom. The topological polar surface area (TPSA) is 58.4 Å². The Morgan fingerprint density at radius 2 is 2.35 bits per heavy atom. The maximum Gasteiger partial charge on any atom is 0.253 e. The van der Waals surface area contributed by atoms with Gasteiger partial charge in [0.05, 0.1) is 5.56 Å². The summed E-state index contributed by atoms with van der Waals surface area (Å²) in [4.78, 5) is 14.6. The lowest BCUT2D eigenvalue weighted by Gasteiger charge is -2.31. The lowest BCUT2D eigenvalue weighted by atomic mass is 9.98. The monoisotopic (exact) mass is 339 g/mol. The van der Waals surface area contributed by atoms with Crippen LogP contribution in [0.2, 0.25) is 0 Å². The Hall–Kier alpha value is -1.07. The van der Waals surface area contributed by atoms with E-state index < -0.39 is 0 Å². The van der Waals surface area contributed by atoms with Crippen molar-refractivity contribution in [2.24, 2.45) is 5.92 Å². The molecule has 1 aromatic carbocycles. The highest BCUT2D eigenvalue weighted by Crippen LogP contribution is 2.19. The summed E-state index contributed by atoms with van der Waals surface area (Å²) in [5.41, 5.74) is 6.91. The van der Waals surface area contributed by atoms with Crippen molar-refractivity contribution >= 4 is 27.5 Å². The quantitative estimate of drug-likeness (QED) is 0.828. The number of rotatable bonds is 4. The number of likely N-dealkylation sites (tertiary alicyclic amines) is 1. The average molecular weight is 340 g/mol. The number of hydrogen-bond acceptors (Lipinski definition) is 3. The number of carbonyl (C=O) groups is 1. The molecule has 1 aliphatic heterocycles. The second-order valence-corrected chi connectivity index (χ2v) is 6.26. The summed E-state index contributed by atoms with van der Waals surface area (Å²) in [6, 6.07) is 5.36. The average Bonchev–Trinajstić information content (AvgIpc) is 2.47. The second-order valence-electron chi connectivity index (χ2n) is 5.34. The van der Waals surface area contributed by atoms with Crippen molar-refractivity contribution in [2.75, 3.05) is 31.9 Å². The molecule has 4 nitrogen and oxygen atoms in total. The smallest absolute Gasteiger partial charge is 0.253 e. The molecule has 1 heterocycles. The first-order valence-corrected chi connectivity index (χ1v) is 7.95. The van der Waals surface area contributed by atoms with Gasteiger partial charge in [-0.2, -0.15) is 0 Å². The number of nitrogens with zero attached hydrogens (tertiary/aromatic N) is 1. The molecule has 2 rings (SSSR count). The number of halogens is 1. The number of hydrogen-bond donors (Lipinski definition) is 2. The largest absolute Gasteiger partial charge is 0.398 e. The van der Waals surface area contributed by atoms with Crippen LogP contribution in [0.4, 0.5) is 5.69 Å². The minimum Gasteiger partial charge on any atom is -0.398 e. The van der Waals surface area contributed by atoms with Gasteiger partial charge in [0.15, 0.2) is 0 Å². The van der Waals surface area contributed by atoms with Gasteiger partial charge in [-0.05, 0) is 50.0 Å². The van der Waals surface area contributed by atoms with E-state index in [9.17, 15) is 4.79 Å². The van der Waals surface area contributed by atoms with Gasteiger partial charge in [-0.3, -0.25) is 4.79 Å². The summed E-state index contributed by atoms with van der Waals surface area (Å²) in [7, 11) is 0. The molecule has 0 bridgehead atoms. The van der Waals surface area contributed by atoms with Crippen LogP contribution in [0.5, 0.6) is 0 Å². The van der Waals surface area contributed by atoms with Crippen LogP contribution in [0, 0.1) is 5.92 Å². The molecule has 1 amide bonds. The molecule has 1 unspecified atom stereocenters. The Balaban J connectivity index is 1.90. The van der Waals surface area contributed by atoms with Gasteiger partial charge in [0.2, 0.25) is 0 Å². The lowest BCUT2D eigenvalue weighted by molar-refractivity contribution is 0.0934. The van der Waals surface area contributed by atoms with E-state index in [1.165, 1.54) is 19.4 Å². The molecule has 0 saturated carbocycles. The number of anilines is 1. The Kier molecular flexibility index (Phi) is 5.43. The van der Waals surface area contributed by atoms with Crippen LogP contribution < -0.4 is 11.1 Å². The first-order chi connectivity index (χ1) is 9.60. The molecule has 5 heteroatoms. The molecule has 110 valence electrons. The van der Waals surface area contributed by atoms with Gasteiger partial charge in [0.25, 0.3) is 5.91 Å². The normalized spacial score (nSPS) is 19.8. The van der Waals surface area contributed by atoms with Crippen LogP contribution in [0.1, 0.15) is 30.1 Å². The van der Waals surface area contributed by atoms with Gasteiger partial charge in [0.1, 0.15) is 0 Å². The van der Waals surface area contributed by atoms with Crippen LogP contribution in [0.3, 0.4) is 0 Å². The van der Waals surface area contributed by atoms with Crippen LogP contribution in [0.15, 0.2) is 22.7 Å². The third kappa shape index (κ3) is 3.96. The van der Waals surface area contributed by atoms with E-state index in [4.69, 9.17) is 5.73 Å². The molecule has 0 aromatic heterocycles. The van der Waals surface area contributed by atoms with E-state index in [1.54, 1.807) is 12.1 Å². The van der Waals surface area contributed by atoms with Crippen molar-refractivity contribution < 1.29 is 4.79 Å². The first-order valence-electron chi connectivity index (χ1n) is 7.15. The molecule has 1 saturated heterocycles. The van der Waals surface area contributed by atoms with Gasteiger partial charge in [-0.1, -0.05) is 22.9 Å². The summed E-state index contributed by atoms with van der Waals surface area (Å²) in [5, 5.41) is 3.01. The lowest BCUT2D eigenvalue weighted by Crippen LogP contribution is -2.40. The number of carbonyl (C=O) groups excluding carboxylic acids is 1. The predicted octanol–water partition coefficient (Wildman–Crippen LogP) is 2.49. The van der Waals surface area contributed by atoms with Crippen LogP contribution in [0.25, 0.3) is 0 Å². The highest BCUT2D eigenvalue weighted by molar-refractivity contribution is 9.10. The zero-order valence-electron chi connectivity index (χ0n) is 11.9. The van der Waals surface area contributed by atoms with E-state index in [0.29, 0.717) is 17.2 Å². The molecular formula is C15H22BrN3O. The summed E-state index contributed by atoms with van der Waals surface area (Å²) in [6.45, 7) is 6.25. The summed E-state index contributed by atoms with van der Waals surface area (Å²) in [6.07, 6.45) is 2.40. The third-order valence-electron chi connectivity index (χ3n) is 3.86. The van der Waals surface area contributed by atoms with E-state index in [2.05, 4.69) is 33.1 Å². The second kappa shape index (κ2) is 7.09. The third-order valence-corrected chi connectivity index (χ3v) is 4.35. The van der Waals surface area contributed by atoms with E-state index >= 15 is 0 Å². The highest BCUT2D eigenvalue weighted by atomic mass is 79.9. The number of piperidine rings is 1. The van der Waals surface area contributed by atoms with Crippen molar-refractivity contribution in [3.63, 3.8) is 0 Å². The number of benzene rings is 1. The molecule has 1 atom stereocenters. The van der Waals surface area contributed by atoms with Crippen molar-refractivity contribution in [1.82, 2.24) is 10.2 Å².